The molecule has 0 atom stereocenters. The number of methoxy groups -OCH3 is 1. The van der Waals surface area contributed by atoms with Crippen molar-refractivity contribution in [3.8, 4) is 5.75 Å². The number of hydrazine groups is 1. The van der Waals surface area contributed by atoms with E-state index in [1.54, 1.807) is 30.4 Å². The fraction of sp³-hybridized carbons (Fsp3) is 0.360. The molecule has 0 bridgehead atoms. The van der Waals surface area contributed by atoms with Crippen LogP contribution in [-0.4, -0.2) is 65.4 Å². The Bertz CT molecular complexity index is 1320. The van der Waals surface area contributed by atoms with Crippen LogP contribution < -0.4 is 15.6 Å². The van der Waals surface area contributed by atoms with Crippen LogP contribution in [0.2, 0.25) is 0 Å². The highest BCUT2D eigenvalue weighted by molar-refractivity contribution is 7.09. The zero-order chi connectivity index (χ0) is 26.4. The number of pyridine rings is 1. The Morgan fingerprint density at radius 1 is 1.08 bits per heavy atom. The van der Waals surface area contributed by atoms with Gasteiger partial charge in [-0.15, -0.1) is 11.3 Å². The van der Waals surface area contributed by atoms with Crippen LogP contribution in [0, 0.1) is 0 Å². The summed E-state index contributed by atoms with van der Waals surface area (Å²) in [5.41, 5.74) is 5.64. The fourth-order valence-corrected chi connectivity index (χ4v) is 5.04. The molecule has 3 aromatic rings. The van der Waals surface area contributed by atoms with Crippen LogP contribution in [0.1, 0.15) is 58.1 Å². The van der Waals surface area contributed by atoms with Gasteiger partial charge in [0.25, 0.3) is 11.8 Å². The predicted molar refractivity (Wildman–Crippen MR) is 135 cm³/mol. The Labute approximate surface area is 217 Å². The maximum Gasteiger partial charge on any atom is 0.315 e. The molecule has 0 unspecified atom stereocenters. The van der Waals surface area contributed by atoms with Crippen LogP contribution in [-0.2, 0) is 14.3 Å². The number of aromatic nitrogens is 2. The number of para-hydroxylation sites is 1. The van der Waals surface area contributed by atoms with Gasteiger partial charge in [0, 0.05) is 35.8 Å². The first-order valence-electron chi connectivity index (χ1n) is 11.8. The molecule has 194 valence electrons. The van der Waals surface area contributed by atoms with E-state index in [1.165, 1.54) is 11.3 Å². The van der Waals surface area contributed by atoms with E-state index in [1.807, 2.05) is 24.3 Å². The number of ether oxygens (including phenoxy) is 2. The molecule has 4 rings (SSSR count). The van der Waals surface area contributed by atoms with Gasteiger partial charge in [0.2, 0.25) is 5.91 Å². The van der Waals surface area contributed by atoms with Gasteiger partial charge in [-0.25, -0.2) is 9.97 Å². The van der Waals surface area contributed by atoms with Gasteiger partial charge in [-0.1, -0.05) is 12.1 Å². The largest absolute Gasteiger partial charge is 0.496 e. The summed E-state index contributed by atoms with van der Waals surface area (Å²) in [6.45, 7) is 2.87. The minimum Gasteiger partial charge on any atom is -0.496 e. The molecule has 0 saturated carbocycles. The molecule has 1 aliphatic rings. The third kappa shape index (κ3) is 6.20. The van der Waals surface area contributed by atoms with E-state index in [2.05, 4.69) is 20.8 Å². The summed E-state index contributed by atoms with van der Waals surface area (Å²) < 4.78 is 10.2. The average molecular weight is 526 g/mol. The lowest BCUT2D eigenvalue weighted by Gasteiger charge is -2.31. The lowest BCUT2D eigenvalue weighted by molar-refractivity contribution is -0.146. The van der Waals surface area contributed by atoms with E-state index in [0.29, 0.717) is 42.9 Å². The number of piperidine rings is 1. The third-order valence-corrected chi connectivity index (χ3v) is 6.94. The average Bonchev–Trinajstić information content (AvgIpc) is 3.41. The summed E-state index contributed by atoms with van der Waals surface area (Å²) in [4.78, 5) is 59.3. The minimum absolute atomic E-state index is 0.105. The number of hydrogen-bond acceptors (Lipinski definition) is 9. The van der Waals surface area contributed by atoms with Crippen molar-refractivity contribution in [2.75, 3.05) is 26.8 Å². The van der Waals surface area contributed by atoms with Crippen molar-refractivity contribution in [2.24, 2.45) is 0 Å². The number of rotatable bonds is 7. The Morgan fingerprint density at radius 3 is 2.57 bits per heavy atom. The first-order valence-corrected chi connectivity index (χ1v) is 12.7. The first-order chi connectivity index (χ1) is 17.9. The SMILES string of the molecule is CCOC(=O)CC(=O)NNC(=O)c1csc(C2CCN(C(=O)c3cc(OC)c4ccccc4n3)CC2)n1. The number of esters is 1. The molecule has 37 heavy (non-hydrogen) atoms. The normalized spacial score (nSPS) is 13.7. The minimum atomic E-state index is -0.683. The topological polar surface area (TPSA) is 140 Å². The van der Waals surface area contributed by atoms with Gasteiger partial charge in [0.05, 0.1) is 24.2 Å². The number of hydrogen-bond donors (Lipinski definition) is 2. The second kappa shape index (κ2) is 11.8. The van der Waals surface area contributed by atoms with Crippen molar-refractivity contribution >= 4 is 45.9 Å². The zero-order valence-corrected chi connectivity index (χ0v) is 21.3. The highest BCUT2D eigenvalue weighted by Crippen LogP contribution is 2.31. The third-order valence-electron chi connectivity index (χ3n) is 5.93. The van der Waals surface area contributed by atoms with Crippen molar-refractivity contribution in [1.29, 1.82) is 0 Å². The second-order valence-corrected chi connectivity index (χ2v) is 9.24. The number of benzene rings is 1. The summed E-state index contributed by atoms with van der Waals surface area (Å²) in [5, 5.41) is 3.26. The van der Waals surface area contributed by atoms with Gasteiger partial charge >= 0.3 is 5.97 Å². The number of carbonyl (C=O) groups excluding carboxylic acids is 4. The van der Waals surface area contributed by atoms with E-state index in [4.69, 9.17) is 9.47 Å². The number of nitrogens with zero attached hydrogens (tertiary/aromatic N) is 3. The molecule has 0 radical (unpaired) electrons. The summed E-state index contributed by atoms with van der Waals surface area (Å²) in [6.07, 6.45) is 0.901. The van der Waals surface area contributed by atoms with Crippen molar-refractivity contribution in [2.45, 2.75) is 32.1 Å². The number of thiazole rings is 1. The van der Waals surface area contributed by atoms with Crippen LogP contribution >= 0.6 is 11.3 Å². The van der Waals surface area contributed by atoms with E-state index in [9.17, 15) is 19.2 Å². The Hall–Kier alpha value is -4.06. The Morgan fingerprint density at radius 2 is 1.84 bits per heavy atom. The lowest BCUT2D eigenvalue weighted by Crippen LogP contribution is -2.42. The van der Waals surface area contributed by atoms with Crippen LogP contribution in [0.25, 0.3) is 10.9 Å². The highest BCUT2D eigenvalue weighted by atomic mass is 32.1. The van der Waals surface area contributed by atoms with E-state index < -0.39 is 24.2 Å². The molecule has 12 heteroatoms. The van der Waals surface area contributed by atoms with Crippen molar-refractivity contribution in [1.82, 2.24) is 25.7 Å². The summed E-state index contributed by atoms with van der Waals surface area (Å²) in [7, 11) is 1.57. The number of likely N-dealkylation sites (tertiary alicyclic amines) is 1. The molecule has 0 aliphatic carbocycles. The molecule has 1 saturated heterocycles. The molecular formula is C25H27N5O6S. The number of carbonyl (C=O) groups is 4. The van der Waals surface area contributed by atoms with Crippen LogP contribution in [0.3, 0.4) is 0 Å². The van der Waals surface area contributed by atoms with Gasteiger partial charge in [-0.05, 0) is 31.9 Å². The molecule has 11 nitrogen and oxygen atoms in total. The van der Waals surface area contributed by atoms with Crippen LogP contribution in [0.5, 0.6) is 5.75 Å². The highest BCUT2D eigenvalue weighted by Gasteiger charge is 2.28. The van der Waals surface area contributed by atoms with Crippen LogP contribution in [0.4, 0.5) is 0 Å². The molecule has 1 aliphatic heterocycles. The quantitative estimate of drug-likeness (QED) is 0.272. The summed E-state index contributed by atoms with van der Waals surface area (Å²) in [5.74, 6) is -1.38. The molecule has 1 aromatic carbocycles. The maximum absolute atomic E-state index is 13.2. The first kappa shape index (κ1) is 26.0. The Kier molecular flexibility index (Phi) is 8.29. The zero-order valence-electron chi connectivity index (χ0n) is 20.5. The fourth-order valence-electron chi connectivity index (χ4n) is 4.07. The monoisotopic (exact) mass is 525 g/mol. The number of amides is 3. The number of fused-ring (bicyclic) bond motifs is 1. The van der Waals surface area contributed by atoms with Gasteiger partial charge in [-0.2, -0.15) is 0 Å². The van der Waals surface area contributed by atoms with Gasteiger partial charge in [0.1, 0.15) is 23.6 Å². The number of nitrogens with one attached hydrogen (secondary N) is 2. The molecular weight excluding hydrogens is 498 g/mol. The molecule has 2 N–H and O–H groups in total. The molecule has 2 aromatic heterocycles. The van der Waals surface area contributed by atoms with Gasteiger partial charge in [-0.3, -0.25) is 30.0 Å². The van der Waals surface area contributed by atoms with Gasteiger partial charge in [0.15, 0.2) is 0 Å². The van der Waals surface area contributed by atoms with Crippen molar-refractivity contribution < 1.29 is 28.7 Å². The molecule has 0 spiro atoms. The van der Waals surface area contributed by atoms with Crippen molar-refractivity contribution in [3.63, 3.8) is 0 Å². The molecule has 1 fully saturated rings. The van der Waals surface area contributed by atoms with Crippen molar-refractivity contribution in [3.05, 3.63) is 52.1 Å². The lowest BCUT2D eigenvalue weighted by atomic mass is 9.97. The Balaban J connectivity index is 1.32. The maximum atomic E-state index is 13.2. The van der Waals surface area contributed by atoms with E-state index in [0.717, 1.165) is 10.4 Å². The standard InChI is InChI=1S/C25H27N5O6S/c1-3-36-22(32)13-21(31)28-29-23(33)19-14-37-24(27-19)15-8-10-30(11-9-15)25(34)18-12-20(35-2)16-6-4-5-7-17(16)26-18/h4-7,12,14-15H,3,8-11,13H2,1-2H3,(H,28,31)(H,29,33). The summed E-state index contributed by atoms with van der Waals surface area (Å²) >= 11 is 1.36. The second-order valence-electron chi connectivity index (χ2n) is 8.35. The van der Waals surface area contributed by atoms with E-state index >= 15 is 0 Å². The molecule has 3 amide bonds. The van der Waals surface area contributed by atoms with E-state index in [-0.39, 0.29) is 24.1 Å². The van der Waals surface area contributed by atoms with Gasteiger partial charge < -0.3 is 14.4 Å². The molecule has 3 heterocycles. The summed E-state index contributed by atoms with van der Waals surface area (Å²) in [6, 6.07) is 9.20. The van der Waals surface area contributed by atoms with Crippen LogP contribution in [0.15, 0.2) is 35.7 Å². The predicted octanol–water partition coefficient (Wildman–Crippen LogP) is 2.43. The smallest absolute Gasteiger partial charge is 0.315 e.